The summed E-state index contributed by atoms with van der Waals surface area (Å²) < 4.78 is 1.10. The highest BCUT2D eigenvalue weighted by Gasteiger charge is 2.04. The van der Waals surface area contributed by atoms with Crippen LogP contribution in [0.1, 0.15) is 11.9 Å². The van der Waals surface area contributed by atoms with Crippen LogP contribution in [0.15, 0.2) is 18.2 Å². The summed E-state index contributed by atoms with van der Waals surface area (Å²) in [6.07, 6.45) is 0. The summed E-state index contributed by atoms with van der Waals surface area (Å²) in [5.41, 5.74) is 1.81. The van der Waals surface area contributed by atoms with Crippen molar-refractivity contribution in [1.82, 2.24) is 10.3 Å². The molecule has 5 heteroatoms. The predicted molar refractivity (Wildman–Crippen MR) is 71.5 cm³/mol. The fourth-order valence-corrected chi connectivity index (χ4v) is 2.43. The van der Waals surface area contributed by atoms with Crippen LogP contribution >= 0.6 is 11.3 Å². The summed E-state index contributed by atoms with van der Waals surface area (Å²) in [5.74, 6) is -0.0209. The number of anilines is 1. The highest BCUT2D eigenvalue weighted by molar-refractivity contribution is 7.18. The normalized spacial score (nSPS) is 10.7. The molecule has 0 aliphatic rings. The van der Waals surface area contributed by atoms with E-state index >= 15 is 0 Å². The second kappa shape index (κ2) is 5.25. The van der Waals surface area contributed by atoms with E-state index in [9.17, 15) is 4.79 Å². The Morgan fingerprint density at radius 2 is 2.29 bits per heavy atom. The van der Waals surface area contributed by atoms with Crippen LogP contribution in [0.4, 0.5) is 5.69 Å². The van der Waals surface area contributed by atoms with E-state index in [0.717, 1.165) is 27.5 Å². The van der Waals surface area contributed by atoms with Crippen LogP contribution in [0.5, 0.6) is 0 Å². The first-order valence-corrected chi connectivity index (χ1v) is 6.38. The fourth-order valence-electron chi connectivity index (χ4n) is 1.56. The topological polar surface area (TPSA) is 54.0 Å². The first kappa shape index (κ1) is 12.0. The lowest BCUT2D eigenvalue weighted by molar-refractivity contribution is -0.115. The van der Waals surface area contributed by atoms with Crippen molar-refractivity contribution in [3.05, 3.63) is 23.2 Å². The van der Waals surface area contributed by atoms with Gasteiger partial charge in [0.1, 0.15) is 0 Å². The number of aryl methyl sites for hydroxylation is 1. The molecule has 2 aromatic rings. The molecule has 4 nitrogen and oxygen atoms in total. The molecule has 0 unspecified atom stereocenters. The number of hydrogen-bond acceptors (Lipinski definition) is 4. The molecule has 1 heterocycles. The highest BCUT2D eigenvalue weighted by Crippen LogP contribution is 2.24. The maximum Gasteiger partial charge on any atom is 0.238 e. The van der Waals surface area contributed by atoms with Gasteiger partial charge in [-0.1, -0.05) is 6.92 Å². The molecule has 0 atom stereocenters. The fraction of sp³-hybridized carbons (Fsp3) is 0.333. The largest absolute Gasteiger partial charge is 0.325 e. The van der Waals surface area contributed by atoms with Gasteiger partial charge in [0.25, 0.3) is 0 Å². The number of aromatic nitrogens is 1. The van der Waals surface area contributed by atoms with Gasteiger partial charge in [-0.05, 0) is 31.7 Å². The van der Waals surface area contributed by atoms with Gasteiger partial charge in [-0.15, -0.1) is 11.3 Å². The Morgan fingerprint density at radius 3 is 3.06 bits per heavy atom. The van der Waals surface area contributed by atoms with E-state index in [1.54, 1.807) is 11.3 Å². The standard InChI is InChI=1S/C12H15N3OS/c1-3-13-7-12(16)15-9-4-5-10-11(6-9)17-8(2)14-10/h4-6,13H,3,7H2,1-2H3,(H,15,16). The average molecular weight is 249 g/mol. The second-order valence-corrected chi connectivity index (χ2v) is 4.98. The number of likely N-dealkylation sites (N-methyl/N-ethyl adjacent to an activating group) is 1. The minimum absolute atomic E-state index is 0.0209. The zero-order chi connectivity index (χ0) is 12.3. The van der Waals surface area contributed by atoms with Crippen LogP contribution < -0.4 is 10.6 Å². The average Bonchev–Trinajstić information content (AvgIpc) is 2.65. The van der Waals surface area contributed by atoms with E-state index < -0.39 is 0 Å². The first-order chi connectivity index (χ1) is 8.19. The van der Waals surface area contributed by atoms with Crippen LogP contribution in [-0.4, -0.2) is 24.0 Å². The molecular formula is C12H15N3OS. The minimum Gasteiger partial charge on any atom is -0.325 e. The molecule has 0 saturated carbocycles. The summed E-state index contributed by atoms with van der Waals surface area (Å²) in [6, 6.07) is 5.77. The quantitative estimate of drug-likeness (QED) is 0.873. The number of amides is 1. The van der Waals surface area contributed by atoms with Crippen LogP contribution in [0, 0.1) is 6.92 Å². The zero-order valence-corrected chi connectivity index (χ0v) is 10.7. The molecule has 0 spiro atoms. The first-order valence-electron chi connectivity index (χ1n) is 5.57. The van der Waals surface area contributed by atoms with Crippen LogP contribution in [0.25, 0.3) is 10.2 Å². The van der Waals surface area contributed by atoms with E-state index in [1.165, 1.54) is 0 Å². The van der Waals surface area contributed by atoms with Gasteiger partial charge in [0.15, 0.2) is 0 Å². The van der Waals surface area contributed by atoms with Gasteiger partial charge in [0.2, 0.25) is 5.91 Å². The van der Waals surface area contributed by atoms with Gasteiger partial charge in [0.05, 0.1) is 21.8 Å². The summed E-state index contributed by atoms with van der Waals surface area (Å²) in [6.45, 7) is 5.09. The Morgan fingerprint density at radius 1 is 1.47 bits per heavy atom. The maximum atomic E-state index is 11.5. The van der Waals surface area contributed by atoms with Gasteiger partial charge < -0.3 is 10.6 Å². The van der Waals surface area contributed by atoms with Crippen molar-refractivity contribution >= 4 is 33.1 Å². The number of thiazole rings is 1. The molecule has 0 fully saturated rings. The van der Waals surface area contributed by atoms with Crippen molar-refractivity contribution in [3.8, 4) is 0 Å². The van der Waals surface area contributed by atoms with Crippen molar-refractivity contribution in [2.45, 2.75) is 13.8 Å². The predicted octanol–water partition coefficient (Wildman–Crippen LogP) is 2.15. The third-order valence-corrected chi connectivity index (χ3v) is 3.25. The molecule has 2 rings (SSSR count). The Labute approximate surface area is 104 Å². The summed E-state index contributed by atoms with van der Waals surface area (Å²) in [7, 11) is 0. The zero-order valence-electron chi connectivity index (χ0n) is 9.91. The van der Waals surface area contributed by atoms with E-state index in [-0.39, 0.29) is 5.91 Å². The number of hydrogen-bond donors (Lipinski definition) is 2. The van der Waals surface area contributed by atoms with Crippen LogP contribution in [0.2, 0.25) is 0 Å². The molecule has 0 radical (unpaired) electrons. The van der Waals surface area contributed by atoms with Gasteiger partial charge in [-0.25, -0.2) is 4.98 Å². The van der Waals surface area contributed by atoms with Crippen molar-refractivity contribution in [2.24, 2.45) is 0 Å². The van der Waals surface area contributed by atoms with Gasteiger partial charge in [-0.2, -0.15) is 0 Å². The SMILES string of the molecule is CCNCC(=O)Nc1ccc2nc(C)sc2c1. The third-order valence-electron chi connectivity index (χ3n) is 2.31. The van der Waals surface area contributed by atoms with Crippen molar-refractivity contribution < 1.29 is 4.79 Å². The number of fused-ring (bicyclic) bond motifs is 1. The molecular weight excluding hydrogens is 234 g/mol. The number of carbonyl (C=O) groups is 1. The van der Waals surface area contributed by atoms with Crippen LogP contribution in [-0.2, 0) is 4.79 Å². The van der Waals surface area contributed by atoms with E-state index in [2.05, 4.69) is 15.6 Å². The molecule has 1 aromatic carbocycles. The van der Waals surface area contributed by atoms with E-state index in [4.69, 9.17) is 0 Å². The Kier molecular flexibility index (Phi) is 3.71. The maximum absolute atomic E-state index is 11.5. The molecule has 0 saturated heterocycles. The van der Waals surface area contributed by atoms with Crippen LogP contribution in [0.3, 0.4) is 0 Å². The minimum atomic E-state index is -0.0209. The summed E-state index contributed by atoms with van der Waals surface area (Å²) >= 11 is 1.63. The number of rotatable bonds is 4. The lowest BCUT2D eigenvalue weighted by Crippen LogP contribution is -2.27. The monoisotopic (exact) mass is 249 g/mol. The number of benzene rings is 1. The lowest BCUT2D eigenvalue weighted by Gasteiger charge is -2.05. The van der Waals surface area contributed by atoms with Crippen molar-refractivity contribution in [3.63, 3.8) is 0 Å². The van der Waals surface area contributed by atoms with Gasteiger partial charge >= 0.3 is 0 Å². The Bertz CT molecular complexity index is 536. The molecule has 1 aromatic heterocycles. The summed E-state index contributed by atoms with van der Waals surface area (Å²) in [4.78, 5) is 15.9. The van der Waals surface area contributed by atoms with Crippen molar-refractivity contribution in [1.29, 1.82) is 0 Å². The Hall–Kier alpha value is -1.46. The molecule has 0 aliphatic heterocycles. The molecule has 1 amide bonds. The van der Waals surface area contributed by atoms with Gasteiger partial charge in [0, 0.05) is 5.69 Å². The Balaban J connectivity index is 2.10. The molecule has 90 valence electrons. The molecule has 0 aliphatic carbocycles. The van der Waals surface area contributed by atoms with Crippen molar-refractivity contribution in [2.75, 3.05) is 18.4 Å². The van der Waals surface area contributed by atoms with E-state index in [0.29, 0.717) is 6.54 Å². The molecule has 0 bridgehead atoms. The number of nitrogens with one attached hydrogen (secondary N) is 2. The summed E-state index contributed by atoms with van der Waals surface area (Å²) in [5, 5.41) is 6.88. The van der Waals surface area contributed by atoms with Gasteiger partial charge in [-0.3, -0.25) is 4.79 Å². The number of carbonyl (C=O) groups excluding carboxylic acids is 1. The number of nitrogens with zero attached hydrogens (tertiary/aromatic N) is 1. The molecule has 17 heavy (non-hydrogen) atoms. The highest BCUT2D eigenvalue weighted by atomic mass is 32.1. The third kappa shape index (κ3) is 3.01. The van der Waals surface area contributed by atoms with E-state index in [1.807, 2.05) is 32.0 Å². The molecule has 2 N–H and O–H groups in total. The second-order valence-electron chi connectivity index (χ2n) is 3.74. The lowest BCUT2D eigenvalue weighted by atomic mass is 10.3. The smallest absolute Gasteiger partial charge is 0.238 e.